The van der Waals surface area contributed by atoms with Crippen molar-refractivity contribution in [3.05, 3.63) is 64.1 Å². The van der Waals surface area contributed by atoms with Crippen molar-refractivity contribution in [3.63, 3.8) is 0 Å². The third-order valence-electron chi connectivity index (χ3n) is 3.34. The number of amides is 1. The molecule has 2 aromatic carbocycles. The van der Waals surface area contributed by atoms with Crippen molar-refractivity contribution in [2.45, 2.75) is 10.9 Å². The largest absolute Gasteiger partial charge is 0.368 e. The van der Waals surface area contributed by atoms with E-state index in [0.717, 1.165) is 10.2 Å². The van der Waals surface area contributed by atoms with Gasteiger partial charge in [0.05, 0.1) is 32.3 Å². The fraction of sp³-hybridized carbons (Fsp3) is 0.0625. The van der Waals surface area contributed by atoms with E-state index in [4.69, 9.17) is 28.9 Å². The SMILES string of the molecule is Nc1nc(S(=O)Cc2ccccc2)nn1C(=O)Nc1c(Cl)cccc1Cl. The third kappa shape index (κ3) is 4.04. The number of nitrogen functional groups attached to an aromatic ring is 1. The van der Waals surface area contributed by atoms with Gasteiger partial charge in [0.1, 0.15) is 0 Å². The molecule has 3 N–H and O–H groups in total. The molecule has 1 aromatic heterocycles. The number of hydrogen-bond donors (Lipinski definition) is 2. The zero-order valence-corrected chi connectivity index (χ0v) is 15.6. The van der Waals surface area contributed by atoms with Gasteiger partial charge in [-0.05, 0) is 17.7 Å². The van der Waals surface area contributed by atoms with Crippen LogP contribution in [0, 0.1) is 0 Å². The van der Waals surface area contributed by atoms with Crippen molar-refractivity contribution in [3.8, 4) is 0 Å². The molecule has 1 unspecified atom stereocenters. The van der Waals surface area contributed by atoms with E-state index in [1.54, 1.807) is 18.2 Å². The number of halogens is 2. The molecule has 0 fully saturated rings. The van der Waals surface area contributed by atoms with Gasteiger partial charge in [0.25, 0.3) is 0 Å². The van der Waals surface area contributed by atoms with Crippen molar-refractivity contribution >= 4 is 51.7 Å². The van der Waals surface area contributed by atoms with Gasteiger partial charge < -0.3 is 11.1 Å². The molecule has 0 saturated heterocycles. The Labute approximate surface area is 161 Å². The van der Waals surface area contributed by atoms with Gasteiger partial charge in [-0.25, -0.2) is 4.79 Å². The zero-order valence-electron chi connectivity index (χ0n) is 13.2. The first-order valence-corrected chi connectivity index (χ1v) is 9.43. The van der Waals surface area contributed by atoms with Crippen molar-refractivity contribution in [2.75, 3.05) is 11.1 Å². The Hall–Kier alpha value is -2.42. The third-order valence-corrected chi connectivity index (χ3v) is 5.15. The lowest BCUT2D eigenvalue weighted by Crippen LogP contribution is -2.23. The van der Waals surface area contributed by atoms with Crippen LogP contribution in [-0.2, 0) is 16.6 Å². The van der Waals surface area contributed by atoms with Crippen LogP contribution in [0.2, 0.25) is 10.0 Å². The number of nitrogens with one attached hydrogen (secondary N) is 1. The highest BCUT2D eigenvalue weighted by molar-refractivity contribution is 7.84. The summed E-state index contributed by atoms with van der Waals surface area (Å²) in [6, 6.07) is 13.3. The maximum Gasteiger partial charge on any atom is 0.349 e. The van der Waals surface area contributed by atoms with Crippen molar-refractivity contribution < 1.29 is 9.00 Å². The lowest BCUT2D eigenvalue weighted by Gasteiger charge is -2.08. The number of carbonyl (C=O) groups is 1. The first kappa shape index (κ1) is 18.4. The summed E-state index contributed by atoms with van der Waals surface area (Å²) in [4.78, 5) is 16.3. The van der Waals surface area contributed by atoms with Gasteiger partial charge in [0, 0.05) is 0 Å². The minimum absolute atomic E-state index is 0.0354. The molecule has 0 bridgehead atoms. The van der Waals surface area contributed by atoms with Gasteiger partial charge in [-0.15, -0.1) is 9.78 Å². The molecule has 0 aliphatic rings. The summed E-state index contributed by atoms with van der Waals surface area (Å²) in [5.41, 5.74) is 6.81. The Kier molecular flexibility index (Phi) is 5.55. The monoisotopic (exact) mass is 409 g/mol. The van der Waals surface area contributed by atoms with E-state index in [1.807, 2.05) is 30.3 Å². The van der Waals surface area contributed by atoms with E-state index in [2.05, 4.69) is 15.4 Å². The first-order valence-electron chi connectivity index (χ1n) is 7.36. The number of carbonyl (C=O) groups excluding carboxylic acids is 1. The minimum atomic E-state index is -1.55. The van der Waals surface area contributed by atoms with E-state index in [0.29, 0.717) is 0 Å². The number of nitrogens with two attached hydrogens (primary N) is 1. The molecule has 7 nitrogen and oxygen atoms in total. The molecule has 1 amide bonds. The highest BCUT2D eigenvalue weighted by atomic mass is 35.5. The summed E-state index contributed by atoms with van der Waals surface area (Å²) >= 11 is 12.0. The second kappa shape index (κ2) is 7.86. The first-order chi connectivity index (χ1) is 12.5. The maximum absolute atomic E-state index is 12.4. The Bertz CT molecular complexity index is 958. The number of nitrogens with zero attached hydrogens (tertiary/aromatic N) is 3. The number of para-hydroxylation sites is 1. The van der Waals surface area contributed by atoms with Gasteiger partial charge in [0.2, 0.25) is 11.1 Å². The molecule has 10 heteroatoms. The summed E-state index contributed by atoms with van der Waals surface area (Å²) in [6.45, 7) is 0. The highest BCUT2D eigenvalue weighted by Gasteiger charge is 2.19. The molecular weight excluding hydrogens is 397 g/mol. The molecule has 0 saturated carbocycles. The number of hydrogen-bond acceptors (Lipinski definition) is 5. The van der Waals surface area contributed by atoms with E-state index >= 15 is 0 Å². The Morgan fingerprint density at radius 3 is 2.42 bits per heavy atom. The molecule has 0 spiro atoms. The van der Waals surface area contributed by atoms with Gasteiger partial charge >= 0.3 is 6.03 Å². The lowest BCUT2D eigenvalue weighted by atomic mass is 10.2. The average Bonchev–Trinajstić information content (AvgIpc) is 3.01. The Morgan fingerprint density at radius 2 is 1.77 bits per heavy atom. The van der Waals surface area contributed by atoms with Crippen molar-refractivity contribution in [1.29, 1.82) is 0 Å². The van der Waals surface area contributed by atoms with Gasteiger partial charge in [-0.2, -0.15) is 4.98 Å². The summed E-state index contributed by atoms with van der Waals surface area (Å²) in [7, 11) is -1.55. The minimum Gasteiger partial charge on any atom is -0.368 e. The van der Waals surface area contributed by atoms with Crippen LogP contribution in [-0.4, -0.2) is 25.0 Å². The normalized spacial score (nSPS) is 11.9. The lowest BCUT2D eigenvalue weighted by molar-refractivity contribution is 0.251. The van der Waals surface area contributed by atoms with Crippen LogP contribution in [0.15, 0.2) is 53.7 Å². The molecular formula is C16H13Cl2N5O2S. The van der Waals surface area contributed by atoms with Crippen LogP contribution in [0.3, 0.4) is 0 Å². The van der Waals surface area contributed by atoms with Crippen molar-refractivity contribution in [1.82, 2.24) is 14.8 Å². The quantitative estimate of drug-likeness (QED) is 0.685. The molecule has 0 radical (unpaired) electrons. The van der Waals surface area contributed by atoms with Gasteiger partial charge in [0.15, 0.2) is 0 Å². The van der Waals surface area contributed by atoms with E-state index in [1.165, 1.54) is 0 Å². The average molecular weight is 410 g/mol. The molecule has 0 aliphatic carbocycles. The predicted molar refractivity (Wildman–Crippen MR) is 102 cm³/mol. The second-order valence-electron chi connectivity index (χ2n) is 5.17. The van der Waals surface area contributed by atoms with Crippen LogP contribution in [0.25, 0.3) is 0 Å². The molecule has 134 valence electrons. The topological polar surface area (TPSA) is 103 Å². The molecule has 1 atom stereocenters. The van der Waals surface area contributed by atoms with Crippen LogP contribution in [0.4, 0.5) is 16.4 Å². The molecule has 1 heterocycles. The van der Waals surface area contributed by atoms with E-state index < -0.39 is 16.8 Å². The highest BCUT2D eigenvalue weighted by Crippen LogP contribution is 2.30. The van der Waals surface area contributed by atoms with Crippen molar-refractivity contribution in [2.24, 2.45) is 0 Å². The zero-order chi connectivity index (χ0) is 18.7. The van der Waals surface area contributed by atoms with Crippen LogP contribution in [0.1, 0.15) is 5.56 Å². The summed E-state index contributed by atoms with van der Waals surface area (Å²) in [5.74, 6) is 0.0181. The second-order valence-corrected chi connectivity index (χ2v) is 7.33. The number of aromatic nitrogens is 3. The van der Waals surface area contributed by atoms with E-state index in [9.17, 15) is 9.00 Å². The van der Waals surface area contributed by atoms with Gasteiger partial charge in [-0.3, -0.25) is 4.21 Å². The fourth-order valence-corrected chi connectivity index (χ4v) is 3.60. The summed E-state index contributed by atoms with van der Waals surface area (Å²) < 4.78 is 13.2. The number of benzene rings is 2. The Balaban J connectivity index is 1.79. The van der Waals surface area contributed by atoms with Crippen LogP contribution in [0.5, 0.6) is 0 Å². The Morgan fingerprint density at radius 1 is 1.12 bits per heavy atom. The fourth-order valence-electron chi connectivity index (χ4n) is 2.12. The summed E-state index contributed by atoms with van der Waals surface area (Å²) in [5, 5.41) is 6.95. The molecule has 3 rings (SSSR count). The van der Waals surface area contributed by atoms with E-state index in [-0.39, 0.29) is 32.6 Å². The number of rotatable bonds is 4. The predicted octanol–water partition coefficient (Wildman–Crippen LogP) is 3.56. The summed E-state index contributed by atoms with van der Waals surface area (Å²) in [6.07, 6.45) is 0. The smallest absolute Gasteiger partial charge is 0.349 e. The maximum atomic E-state index is 12.4. The standard InChI is InChI=1S/C16H13Cl2N5O2S/c17-11-7-4-8-12(18)13(11)20-16(24)23-14(19)21-15(22-23)26(25)9-10-5-2-1-3-6-10/h1-8H,9H2,(H,20,24)(H2,19,21,22). The van der Waals surface area contributed by atoms with Crippen LogP contribution >= 0.6 is 23.2 Å². The molecule has 3 aromatic rings. The molecule has 26 heavy (non-hydrogen) atoms. The van der Waals surface area contributed by atoms with Crippen LogP contribution < -0.4 is 11.1 Å². The number of anilines is 2. The molecule has 0 aliphatic heterocycles. The van der Waals surface area contributed by atoms with Gasteiger partial charge in [-0.1, -0.05) is 59.6 Å².